The molecule has 1 aromatic heterocycles. The van der Waals surface area contributed by atoms with Crippen LogP contribution < -0.4 is 0 Å². The standard InChI is InChI=1S/C22H28Cl2N2OS/c1-15(2)21-22(28-19-12-16(23)11-17(24)13-19)26(3)20(25-21)14-27-18-9-7-5-4-6-8-10-18/h9,11-13,15H,4-8,10,14H2,1-3H3/b18-9+. The van der Waals surface area contributed by atoms with Gasteiger partial charge in [-0.2, -0.15) is 0 Å². The Bertz CT molecular complexity index is 825. The molecule has 0 N–H and O–H groups in total. The van der Waals surface area contributed by atoms with Gasteiger partial charge in [0.05, 0.1) is 11.5 Å². The molecule has 0 spiro atoms. The molecule has 0 saturated heterocycles. The van der Waals surface area contributed by atoms with Gasteiger partial charge in [0, 0.05) is 28.4 Å². The van der Waals surface area contributed by atoms with Crippen molar-refractivity contribution in [2.75, 3.05) is 0 Å². The van der Waals surface area contributed by atoms with Crippen molar-refractivity contribution in [3.05, 3.63) is 51.6 Å². The highest BCUT2D eigenvalue weighted by Crippen LogP contribution is 2.36. The van der Waals surface area contributed by atoms with E-state index in [2.05, 4.69) is 31.5 Å². The summed E-state index contributed by atoms with van der Waals surface area (Å²) in [5.41, 5.74) is 1.08. The second-order valence-electron chi connectivity index (χ2n) is 7.55. The summed E-state index contributed by atoms with van der Waals surface area (Å²) < 4.78 is 8.29. The highest BCUT2D eigenvalue weighted by Gasteiger charge is 2.19. The number of benzene rings is 1. The van der Waals surface area contributed by atoms with Crippen LogP contribution >= 0.6 is 35.0 Å². The van der Waals surface area contributed by atoms with Crippen LogP contribution in [0, 0.1) is 0 Å². The van der Waals surface area contributed by atoms with E-state index in [1.807, 2.05) is 12.1 Å². The van der Waals surface area contributed by atoms with E-state index in [4.69, 9.17) is 32.9 Å². The summed E-state index contributed by atoms with van der Waals surface area (Å²) in [7, 11) is 2.05. The Morgan fingerprint density at radius 1 is 1.11 bits per heavy atom. The summed E-state index contributed by atoms with van der Waals surface area (Å²) in [6.07, 6.45) is 9.50. The predicted octanol–water partition coefficient (Wildman–Crippen LogP) is 7.76. The minimum Gasteiger partial charge on any atom is -0.490 e. The normalized spacial score (nSPS) is 17.1. The maximum Gasteiger partial charge on any atom is 0.147 e. The van der Waals surface area contributed by atoms with E-state index in [9.17, 15) is 0 Å². The van der Waals surface area contributed by atoms with Crippen molar-refractivity contribution in [1.29, 1.82) is 0 Å². The average Bonchev–Trinajstić information content (AvgIpc) is 2.90. The van der Waals surface area contributed by atoms with E-state index in [-0.39, 0.29) is 0 Å². The van der Waals surface area contributed by atoms with Crippen molar-refractivity contribution in [2.45, 2.75) is 74.8 Å². The maximum absolute atomic E-state index is 6.18. The van der Waals surface area contributed by atoms with Crippen LogP contribution in [0.3, 0.4) is 0 Å². The first kappa shape index (κ1) is 21.6. The second kappa shape index (κ2) is 10.1. The van der Waals surface area contributed by atoms with E-state index in [1.165, 1.54) is 25.7 Å². The Balaban J connectivity index is 1.80. The van der Waals surface area contributed by atoms with Crippen LogP contribution in [0.15, 0.2) is 40.0 Å². The van der Waals surface area contributed by atoms with Crippen molar-refractivity contribution in [1.82, 2.24) is 9.55 Å². The summed E-state index contributed by atoms with van der Waals surface area (Å²) >= 11 is 14.0. The Labute approximate surface area is 182 Å². The molecule has 3 rings (SSSR count). The molecule has 6 heteroatoms. The van der Waals surface area contributed by atoms with Crippen LogP contribution in [-0.2, 0) is 18.4 Å². The van der Waals surface area contributed by atoms with Crippen molar-refractivity contribution >= 4 is 35.0 Å². The van der Waals surface area contributed by atoms with Gasteiger partial charge in [0.25, 0.3) is 0 Å². The average molecular weight is 439 g/mol. The number of hydrogen-bond donors (Lipinski definition) is 0. The largest absolute Gasteiger partial charge is 0.490 e. The number of halogens is 2. The van der Waals surface area contributed by atoms with E-state index in [1.54, 1.807) is 17.8 Å². The van der Waals surface area contributed by atoms with E-state index in [0.29, 0.717) is 22.6 Å². The van der Waals surface area contributed by atoms with E-state index in [0.717, 1.165) is 40.0 Å². The molecule has 0 saturated carbocycles. The quantitative estimate of drug-likeness (QED) is 0.460. The van der Waals surface area contributed by atoms with Gasteiger partial charge in [-0.15, -0.1) is 0 Å². The smallest absolute Gasteiger partial charge is 0.147 e. The van der Waals surface area contributed by atoms with Crippen LogP contribution in [0.5, 0.6) is 0 Å². The first-order valence-electron chi connectivity index (χ1n) is 9.95. The lowest BCUT2D eigenvalue weighted by atomic mass is 10.1. The number of hydrogen-bond acceptors (Lipinski definition) is 3. The molecule has 1 heterocycles. The Hall–Kier alpha value is -1.10. The molecule has 0 amide bonds. The molecular formula is C22H28Cl2N2OS. The molecule has 152 valence electrons. The molecule has 2 aromatic rings. The van der Waals surface area contributed by atoms with E-state index < -0.39 is 0 Å². The van der Waals surface area contributed by atoms with Gasteiger partial charge >= 0.3 is 0 Å². The Kier molecular flexibility index (Phi) is 7.78. The van der Waals surface area contributed by atoms with Gasteiger partial charge in [-0.05, 0) is 49.5 Å². The van der Waals surface area contributed by atoms with Gasteiger partial charge in [-0.3, -0.25) is 0 Å². The predicted molar refractivity (Wildman–Crippen MR) is 118 cm³/mol. The molecule has 1 aliphatic carbocycles. The van der Waals surface area contributed by atoms with Gasteiger partial charge in [-0.1, -0.05) is 61.7 Å². The molecule has 1 aliphatic rings. The number of imidazole rings is 1. The first-order chi connectivity index (χ1) is 13.4. The molecule has 0 aliphatic heterocycles. The van der Waals surface area contributed by atoms with Gasteiger partial charge in [-0.25, -0.2) is 4.98 Å². The lowest BCUT2D eigenvalue weighted by Crippen LogP contribution is -2.03. The van der Waals surface area contributed by atoms with Crippen LogP contribution in [-0.4, -0.2) is 9.55 Å². The van der Waals surface area contributed by atoms with Crippen molar-refractivity contribution in [2.24, 2.45) is 7.05 Å². The fourth-order valence-corrected chi connectivity index (χ4v) is 5.21. The zero-order valence-electron chi connectivity index (χ0n) is 16.8. The Morgan fingerprint density at radius 3 is 2.54 bits per heavy atom. The highest BCUT2D eigenvalue weighted by molar-refractivity contribution is 7.99. The molecule has 28 heavy (non-hydrogen) atoms. The molecule has 0 atom stereocenters. The van der Waals surface area contributed by atoms with Gasteiger partial charge in [0.2, 0.25) is 0 Å². The third-order valence-corrected chi connectivity index (χ3v) is 6.48. The number of nitrogens with zero attached hydrogens (tertiary/aromatic N) is 2. The van der Waals surface area contributed by atoms with Gasteiger partial charge in [0.15, 0.2) is 0 Å². The first-order valence-corrected chi connectivity index (χ1v) is 11.5. The van der Waals surface area contributed by atoms with Gasteiger partial charge < -0.3 is 9.30 Å². The lowest BCUT2D eigenvalue weighted by Gasteiger charge is -2.13. The highest BCUT2D eigenvalue weighted by atomic mass is 35.5. The minimum atomic E-state index is 0.317. The molecule has 3 nitrogen and oxygen atoms in total. The van der Waals surface area contributed by atoms with Crippen molar-refractivity contribution in [3.63, 3.8) is 0 Å². The fraction of sp³-hybridized carbons (Fsp3) is 0.500. The molecule has 1 aromatic carbocycles. The lowest BCUT2D eigenvalue weighted by molar-refractivity contribution is 0.175. The molecule has 0 bridgehead atoms. The van der Waals surface area contributed by atoms with Crippen LogP contribution in [0.1, 0.15) is 69.8 Å². The van der Waals surface area contributed by atoms with Crippen LogP contribution in [0.2, 0.25) is 10.0 Å². The topological polar surface area (TPSA) is 27.1 Å². The summed E-state index contributed by atoms with van der Waals surface area (Å²) in [5, 5.41) is 2.39. The number of rotatable bonds is 6. The van der Waals surface area contributed by atoms with Crippen molar-refractivity contribution < 1.29 is 4.74 Å². The molecular weight excluding hydrogens is 411 g/mol. The van der Waals surface area contributed by atoms with Gasteiger partial charge in [0.1, 0.15) is 17.5 Å². The van der Waals surface area contributed by atoms with Crippen LogP contribution in [0.4, 0.5) is 0 Å². The fourth-order valence-electron chi connectivity index (χ4n) is 3.33. The number of aromatic nitrogens is 2. The Morgan fingerprint density at radius 2 is 1.82 bits per heavy atom. The van der Waals surface area contributed by atoms with Crippen LogP contribution in [0.25, 0.3) is 0 Å². The molecule has 0 unspecified atom stereocenters. The summed E-state index contributed by atoms with van der Waals surface area (Å²) in [4.78, 5) is 5.91. The summed E-state index contributed by atoms with van der Waals surface area (Å²) in [5.74, 6) is 2.38. The summed E-state index contributed by atoms with van der Waals surface area (Å²) in [6, 6.07) is 5.62. The molecule has 0 fully saturated rings. The zero-order valence-corrected chi connectivity index (χ0v) is 19.1. The monoisotopic (exact) mass is 438 g/mol. The van der Waals surface area contributed by atoms with Crippen molar-refractivity contribution in [3.8, 4) is 0 Å². The SMILES string of the molecule is CC(C)c1nc(CO/C2=C/CCCCCC2)n(C)c1Sc1cc(Cl)cc(Cl)c1. The number of ether oxygens (including phenoxy) is 1. The number of allylic oxidation sites excluding steroid dienone is 2. The zero-order chi connectivity index (χ0) is 20.1. The minimum absolute atomic E-state index is 0.317. The maximum atomic E-state index is 6.18. The molecule has 0 radical (unpaired) electrons. The van der Waals surface area contributed by atoms with E-state index >= 15 is 0 Å². The second-order valence-corrected chi connectivity index (χ2v) is 9.49. The third kappa shape index (κ3) is 5.71. The third-order valence-electron chi connectivity index (χ3n) is 4.89. The summed E-state index contributed by atoms with van der Waals surface area (Å²) in [6.45, 7) is 4.83.